The van der Waals surface area contributed by atoms with Gasteiger partial charge in [-0.25, -0.2) is 0 Å². The molecule has 0 bridgehead atoms. The molecule has 4 aromatic rings. The SMILES string of the molecule is CC(C)(C)c1ccc(O)c(C(C)(C)C)c1.CC(C)(C)c1cccc(C(C)(C)C)c1O.CCC(C)c1ccc(O)c(C(C)CC)c1.CCC(C)c1cccc(C(C)CC)c1O. The second-order valence-electron chi connectivity index (χ2n) is 21.3. The van der Waals surface area contributed by atoms with Crippen molar-refractivity contribution in [2.75, 3.05) is 0 Å². The molecule has 0 heterocycles. The zero-order chi connectivity index (χ0) is 46.6. The lowest BCUT2D eigenvalue weighted by Gasteiger charge is -2.26. The zero-order valence-corrected chi connectivity index (χ0v) is 41.9. The molecule has 0 spiro atoms. The maximum absolute atomic E-state index is 10.3. The van der Waals surface area contributed by atoms with Crippen molar-refractivity contribution in [1.29, 1.82) is 0 Å². The first-order valence-electron chi connectivity index (χ1n) is 22.8. The van der Waals surface area contributed by atoms with Crippen LogP contribution >= 0.6 is 0 Å². The Hall–Kier alpha value is -3.92. The molecule has 336 valence electrons. The molecule has 4 unspecified atom stereocenters. The van der Waals surface area contributed by atoms with Gasteiger partial charge in [0.25, 0.3) is 0 Å². The first-order chi connectivity index (χ1) is 27.5. The van der Waals surface area contributed by atoms with Gasteiger partial charge >= 0.3 is 0 Å². The summed E-state index contributed by atoms with van der Waals surface area (Å²) in [6.07, 6.45) is 4.34. The van der Waals surface area contributed by atoms with Crippen LogP contribution in [0.3, 0.4) is 0 Å². The average Bonchev–Trinajstić information content (AvgIpc) is 3.16. The molecule has 0 saturated carbocycles. The van der Waals surface area contributed by atoms with E-state index in [9.17, 15) is 20.4 Å². The van der Waals surface area contributed by atoms with Crippen LogP contribution in [-0.4, -0.2) is 20.4 Å². The molecule has 0 amide bonds. The summed E-state index contributed by atoms with van der Waals surface area (Å²) in [6, 6.07) is 24.1. The molecular weight excluding hydrogens is 737 g/mol. The molecule has 4 heteroatoms. The Morgan fingerprint density at radius 3 is 1.15 bits per heavy atom. The fraction of sp³-hybridized carbons (Fsp3) is 0.571. The van der Waals surface area contributed by atoms with Gasteiger partial charge in [0.2, 0.25) is 0 Å². The van der Waals surface area contributed by atoms with Gasteiger partial charge in [0.05, 0.1) is 0 Å². The minimum Gasteiger partial charge on any atom is -0.508 e. The summed E-state index contributed by atoms with van der Waals surface area (Å²) >= 11 is 0. The highest BCUT2D eigenvalue weighted by Gasteiger charge is 2.25. The van der Waals surface area contributed by atoms with Gasteiger partial charge in [-0.2, -0.15) is 0 Å². The van der Waals surface area contributed by atoms with Crippen LogP contribution in [0.5, 0.6) is 23.0 Å². The maximum Gasteiger partial charge on any atom is 0.123 e. The van der Waals surface area contributed by atoms with Gasteiger partial charge in [0, 0.05) is 0 Å². The van der Waals surface area contributed by atoms with Crippen molar-refractivity contribution < 1.29 is 20.4 Å². The van der Waals surface area contributed by atoms with E-state index in [1.165, 1.54) is 11.1 Å². The van der Waals surface area contributed by atoms with E-state index in [4.69, 9.17) is 0 Å². The summed E-state index contributed by atoms with van der Waals surface area (Å²) in [6.45, 7) is 43.0. The number of hydrogen-bond acceptors (Lipinski definition) is 4. The third-order valence-electron chi connectivity index (χ3n) is 12.1. The fourth-order valence-electron chi connectivity index (χ4n) is 6.90. The van der Waals surface area contributed by atoms with Crippen LogP contribution in [0.15, 0.2) is 72.8 Å². The van der Waals surface area contributed by atoms with Crippen molar-refractivity contribution in [1.82, 2.24) is 0 Å². The summed E-state index contributed by atoms with van der Waals surface area (Å²) in [5, 5.41) is 40.1. The summed E-state index contributed by atoms with van der Waals surface area (Å²) in [7, 11) is 0. The highest BCUT2D eigenvalue weighted by molar-refractivity contribution is 5.47. The number of benzene rings is 4. The Labute approximate surface area is 368 Å². The Balaban J connectivity index is 0.000000400. The monoisotopic (exact) mass is 825 g/mol. The van der Waals surface area contributed by atoms with Crippen LogP contribution in [-0.2, 0) is 21.7 Å². The predicted molar refractivity (Wildman–Crippen MR) is 262 cm³/mol. The Morgan fingerprint density at radius 2 is 0.767 bits per heavy atom. The summed E-state index contributed by atoms with van der Waals surface area (Å²) in [5.74, 6) is 3.70. The minimum absolute atomic E-state index is 0.00859. The lowest BCUT2D eigenvalue weighted by atomic mass is 9.80. The molecule has 0 aliphatic rings. The molecule has 0 aliphatic carbocycles. The Bertz CT molecular complexity index is 1800. The van der Waals surface area contributed by atoms with E-state index < -0.39 is 0 Å². The van der Waals surface area contributed by atoms with E-state index in [0.717, 1.165) is 59.1 Å². The summed E-state index contributed by atoms with van der Waals surface area (Å²) < 4.78 is 0. The standard InChI is InChI=1S/4C14H22O/c1-13(2,3)10-7-8-12(15)11(9-10)14(4,5)6;1-13(2,3)10-8-7-9-11(12(10)15)14(4,5)6;1-5-10(3)12-7-8-14(15)13(9-12)11(4)6-2;1-5-10(3)12-8-7-9-13(14(12)15)11(4)6-2/h2*7-9,15H,1-6H3;2*7-11,15H,5-6H2,1-4H3. The van der Waals surface area contributed by atoms with Crippen LogP contribution in [0.25, 0.3) is 0 Å². The topological polar surface area (TPSA) is 80.9 Å². The van der Waals surface area contributed by atoms with Crippen LogP contribution < -0.4 is 0 Å². The quantitative estimate of drug-likeness (QED) is 0.143. The van der Waals surface area contributed by atoms with Gasteiger partial charge in [-0.15, -0.1) is 0 Å². The first-order valence-corrected chi connectivity index (χ1v) is 22.8. The third-order valence-corrected chi connectivity index (χ3v) is 12.1. The molecule has 4 N–H and O–H groups in total. The van der Waals surface area contributed by atoms with Crippen molar-refractivity contribution in [2.45, 2.75) is 209 Å². The molecule has 0 radical (unpaired) electrons. The largest absolute Gasteiger partial charge is 0.508 e. The van der Waals surface area contributed by atoms with Crippen molar-refractivity contribution >= 4 is 0 Å². The number of phenolic OH excluding ortho intramolecular Hbond substituents is 4. The number of para-hydroxylation sites is 2. The van der Waals surface area contributed by atoms with Gasteiger partial charge in [-0.05, 0) is 128 Å². The van der Waals surface area contributed by atoms with Gasteiger partial charge in [-0.3, -0.25) is 0 Å². The molecule has 4 aromatic carbocycles. The average molecular weight is 825 g/mol. The third kappa shape index (κ3) is 15.8. The Morgan fingerprint density at radius 1 is 0.383 bits per heavy atom. The number of phenols is 4. The van der Waals surface area contributed by atoms with E-state index >= 15 is 0 Å². The molecule has 0 aromatic heterocycles. The highest BCUT2D eigenvalue weighted by atomic mass is 16.3. The molecular formula is C56H88O4. The second kappa shape index (κ2) is 22.8. The molecule has 0 fully saturated rings. The van der Waals surface area contributed by atoms with Gasteiger partial charge in [-0.1, -0.05) is 199 Å². The van der Waals surface area contributed by atoms with E-state index in [-0.39, 0.29) is 21.7 Å². The van der Waals surface area contributed by atoms with Gasteiger partial charge in [0.15, 0.2) is 0 Å². The van der Waals surface area contributed by atoms with Crippen molar-refractivity contribution in [3.8, 4) is 23.0 Å². The van der Waals surface area contributed by atoms with E-state index in [1.807, 2.05) is 48.5 Å². The highest BCUT2D eigenvalue weighted by Crippen LogP contribution is 2.39. The van der Waals surface area contributed by atoms with Crippen molar-refractivity contribution in [3.63, 3.8) is 0 Å². The van der Waals surface area contributed by atoms with Crippen LogP contribution in [0.4, 0.5) is 0 Å². The van der Waals surface area contributed by atoms with Gasteiger partial charge in [0.1, 0.15) is 23.0 Å². The van der Waals surface area contributed by atoms with E-state index in [0.29, 0.717) is 46.7 Å². The van der Waals surface area contributed by atoms with Crippen LogP contribution in [0.2, 0.25) is 0 Å². The first kappa shape index (κ1) is 54.1. The van der Waals surface area contributed by atoms with E-state index in [1.54, 1.807) is 6.07 Å². The van der Waals surface area contributed by atoms with Crippen LogP contribution in [0, 0.1) is 0 Å². The Kier molecular flexibility index (Phi) is 20.5. The van der Waals surface area contributed by atoms with Gasteiger partial charge < -0.3 is 20.4 Å². The smallest absolute Gasteiger partial charge is 0.123 e. The van der Waals surface area contributed by atoms with Crippen LogP contribution in [0.1, 0.15) is 232 Å². The maximum atomic E-state index is 10.3. The van der Waals surface area contributed by atoms with Crippen molar-refractivity contribution in [3.05, 3.63) is 117 Å². The number of aromatic hydroxyl groups is 4. The normalized spacial score (nSPS) is 13.9. The second-order valence-corrected chi connectivity index (χ2v) is 21.3. The molecule has 60 heavy (non-hydrogen) atoms. The van der Waals surface area contributed by atoms with E-state index in [2.05, 4.69) is 157 Å². The minimum atomic E-state index is -0.00859. The lowest BCUT2D eigenvalue weighted by molar-refractivity contribution is 0.423. The number of hydrogen-bond donors (Lipinski definition) is 4. The summed E-state index contributed by atoms with van der Waals surface area (Å²) in [5.41, 5.74) is 9.06. The molecule has 4 atom stereocenters. The molecule has 4 nitrogen and oxygen atoms in total. The zero-order valence-electron chi connectivity index (χ0n) is 41.9. The number of rotatable bonds is 8. The molecule has 0 saturated heterocycles. The fourth-order valence-corrected chi connectivity index (χ4v) is 6.90. The van der Waals surface area contributed by atoms with Crippen molar-refractivity contribution in [2.24, 2.45) is 0 Å². The molecule has 4 rings (SSSR count). The molecule has 0 aliphatic heterocycles. The lowest BCUT2D eigenvalue weighted by Crippen LogP contribution is -2.16. The predicted octanol–water partition coefficient (Wildman–Crippen LogP) is 16.8. The summed E-state index contributed by atoms with van der Waals surface area (Å²) in [4.78, 5) is 0.